The van der Waals surface area contributed by atoms with Crippen molar-refractivity contribution in [2.45, 2.75) is 6.54 Å². The summed E-state index contributed by atoms with van der Waals surface area (Å²) in [6, 6.07) is 3.84. The molecule has 1 fully saturated rings. The Morgan fingerprint density at radius 1 is 1.33 bits per heavy atom. The summed E-state index contributed by atoms with van der Waals surface area (Å²) in [5.74, 6) is 2.82. The van der Waals surface area contributed by atoms with Crippen LogP contribution in [0, 0.1) is 0 Å². The van der Waals surface area contributed by atoms with Gasteiger partial charge in [-0.1, -0.05) is 6.07 Å². The van der Waals surface area contributed by atoms with Crippen LogP contribution in [0.1, 0.15) is 5.56 Å². The Morgan fingerprint density at radius 3 is 2.95 bits per heavy atom. The topological polar surface area (TPSA) is 63.1 Å². The fourth-order valence-electron chi connectivity index (χ4n) is 2.23. The van der Waals surface area contributed by atoms with Crippen molar-refractivity contribution >= 4 is 17.8 Å². The van der Waals surface area contributed by atoms with E-state index in [1.165, 1.54) is 0 Å². The van der Waals surface area contributed by atoms with Gasteiger partial charge in [-0.2, -0.15) is 11.8 Å². The molecule has 0 atom stereocenters. The molecule has 6 nitrogen and oxygen atoms in total. The Labute approximate surface area is 127 Å². The summed E-state index contributed by atoms with van der Waals surface area (Å²) in [6.45, 7) is 2.10. The first-order valence-electron chi connectivity index (χ1n) is 6.87. The van der Waals surface area contributed by atoms with Crippen molar-refractivity contribution in [1.29, 1.82) is 0 Å². The van der Waals surface area contributed by atoms with Crippen molar-refractivity contribution in [3.05, 3.63) is 42.6 Å². The predicted octanol–water partition coefficient (Wildman–Crippen LogP) is 1.53. The first-order valence-corrected chi connectivity index (χ1v) is 8.03. The maximum absolute atomic E-state index is 12.1. The predicted molar refractivity (Wildman–Crippen MR) is 82.5 cm³/mol. The molecule has 0 saturated carbocycles. The lowest BCUT2D eigenvalue weighted by Crippen LogP contribution is -2.44. The number of amides is 2. The summed E-state index contributed by atoms with van der Waals surface area (Å²) in [6.07, 6.45) is 7.00. The fraction of sp³-hybridized carbons (Fsp3) is 0.357. The molecule has 1 aliphatic rings. The highest BCUT2D eigenvalue weighted by molar-refractivity contribution is 7.99. The van der Waals surface area contributed by atoms with Crippen molar-refractivity contribution < 1.29 is 4.79 Å². The van der Waals surface area contributed by atoms with E-state index >= 15 is 0 Å². The van der Waals surface area contributed by atoms with Gasteiger partial charge < -0.3 is 10.2 Å². The number of carbonyl (C=O) groups excluding carboxylic acids is 1. The lowest BCUT2D eigenvalue weighted by atomic mass is 10.2. The summed E-state index contributed by atoms with van der Waals surface area (Å²) in [5.41, 5.74) is 0.968. The van der Waals surface area contributed by atoms with Crippen LogP contribution in [-0.4, -0.2) is 50.1 Å². The van der Waals surface area contributed by atoms with Crippen molar-refractivity contribution in [1.82, 2.24) is 24.8 Å². The number of nitrogens with zero attached hydrogens (tertiary/aromatic N) is 4. The summed E-state index contributed by atoms with van der Waals surface area (Å²) in [7, 11) is 0. The van der Waals surface area contributed by atoms with Crippen molar-refractivity contribution in [2.75, 3.05) is 24.6 Å². The van der Waals surface area contributed by atoms with Crippen molar-refractivity contribution in [2.24, 2.45) is 0 Å². The molecule has 2 amide bonds. The molecular weight excluding hydrogens is 286 g/mol. The van der Waals surface area contributed by atoms with E-state index in [9.17, 15) is 4.79 Å². The van der Waals surface area contributed by atoms with Crippen LogP contribution < -0.4 is 5.32 Å². The number of nitrogens with one attached hydrogen (secondary N) is 1. The standard InChI is InChI=1S/C14H17N5OS/c20-14(18-6-8-21-9-7-18)17-10-12-2-1-3-16-13(12)19-5-4-15-11-19/h1-5,11H,6-10H2,(H,17,20). The van der Waals surface area contributed by atoms with E-state index in [1.807, 2.05) is 39.6 Å². The molecule has 3 rings (SSSR count). The van der Waals surface area contributed by atoms with E-state index < -0.39 is 0 Å². The van der Waals surface area contributed by atoms with Crippen LogP contribution in [0.4, 0.5) is 4.79 Å². The molecule has 0 radical (unpaired) electrons. The van der Waals surface area contributed by atoms with Crippen LogP contribution in [0.5, 0.6) is 0 Å². The van der Waals surface area contributed by atoms with Crippen LogP contribution in [0.2, 0.25) is 0 Å². The van der Waals surface area contributed by atoms with Crippen LogP contribution >= 0.6 is 11.8 Å². The molecule has 0 aliphatic carbocycles. The molecule has 2 aromatic heterocycles. The normalized spacial score (nSPS) is 15.0. The quantitative estimate of drug-likeness (QED) is 0.934. The minimum absolute atomic E-state index is 0.00395. The number of hydrogen-bond donors (Lipinski definition) is 1. The van der Waals surface area contributed by atoms with Crippen LogP contribution in [0.3, 0.4) is 0 Å². The van der Waals surface area contributed by atoms with Gasteiger partial charge in [-0.3, -0.25) is 4.57 Å². The molecule has 1 aliphatic heterocycles. The smallest absolute Gasteiger partial charge is 0.317 e. The van der Waals surface area contributed by atoms with Crippen molar-refractivity contribution in [3.8, 4) is 5.82 Å². The summed E-state index contributed by atoms with van der Waals surface area (Å²) >= 11 is 1.89. The lowest BCUT2D eigenvalue weighted by Gasteiger charge is -2.26. The Bertz CT molecular complexity index is 595. The van der Waals surface area contributed by atoms with E-state index in [0.29, 0.717) is 6.54 Å². The van der Waals surface area contributed by atoms with Gasteiger partial charge >= 0.3 is 6.03 Å². The van der Waals surface area contributed by atoms with Crippen molar-refractivity contribution in [3.63, 3.8) is 0 Å². The van der Waals surface area contributed by atoms with Gasteiger partial charge in [0.2, 0.25) is 0 Å². The number of carbonyl (C=O) groups is 1. The Hall–Kier alpha value is -2.02. The Balaban J connectivity index is 1.66. The third-order valence-corrected chi connectivity index (χ3v) is 4.29. The number of pyridine rings is 1. The van der Waals surface area contributed by atoms with Crippen LogP contribution in [0.15, 0.2) is 37.1 Å². The molecule has 0 bridgehead atoms. The highest BCUT2D eigenvalue weighted by Gasteiger charge is 2.16. The van der Waals surface area contributed by atoms with Gasteiger partial charge in [0.15, 0.2) is 0 Å². The summed E-state index contributed by atoms with van der Waals surface area (Å²) in [4.78, 5) is 22.4. The highest BCUT2D eigenvalue weighted by atomic mass is 32.2. The number of imidazole rings is 1. The molecule has 1 N–H and O–H groups in total. The summed E-state index contributed by atoms with van der Waals surface area (Å²) < 4.78 is 1.85. The van der Waals surface area contributed by atoms with E-state index in [1.54, 1.807) is 18.7 Å². The molecule has 2 aromatic rings. The second kappa shape index (κ2) is 6.62. The zero-order chi connectivity index (χ0) is 14.5. The minimum Gasteiger partial charge on any atom is -0.334 e. The molecule has 110 valence electrons. The van der Waals surface area contributed by atoms with Gasteiger partial charge in [0.05, 0.1) is 0 Å². The van der Waals surface area contributed by atoms with E-state index in [0.717, 1.165) is 36.0 Å². The molecule has 7 heteroatoms. The highest BCUT2D eigenvalue weighted by Crippen LogP contribution is 2.12. The molecule has 21 heavy (non-hydrogen) atoms. The molecule has 3 heterocycles. The van der Waals surface area contributed by atoms with E-state index in [-0.39, 0.29) is 6.03 Å². The molecule has 0 aromatic carbocycles. The van der Waals surface area contributed by atoms with Gasteiger partial charge in [0, 0.05) is 55.3 Å². The number of rotatable bonds is 3. The van der Waals surface area contributed by atoms with Gasteiger partial charge in [-0.15, -0.1) is 0 Å². The number of aromatic nitrogens is 3. The molecule has 0 spiro atoms. The van der Waals surface area contributed by atoms with Gasteiger partial charge in [0.25, 0.3) is 0 Å². The maximum Gasteiger partial charge on any atom is 0.317 e. The van der Waals surface area contributed by atoms with Gasteiger partial charge in [-0.25, -0.2) is 14.8 Å². The molecule has 0 unspecified atom stereocenters. The number of thioether (sulfide) groups is 1. The average molecular weight is 303 g/mol. The largest absolute Gasteiger partial charge is 0.334 e. The zero-order valence-corrected chi connectivity index (χ0v) is 12.4. The number of hydrogen-bond acceptors (Lipinski definition) is 4. The zero-order valence-electron chi connectivity index (χ0n) is 11.6. The Morgan fingerprint density at radius 2 is 2.19 bits per heavy atom. The van der Waals surface area contributed by atoms with E-state index in [2.05, 4.69) is 15.3 Å². The SMILES string of the molecule is O=C(NCc1cccnc1-n1ccnc1)N1CCSCC1. The minimum atomic E-state index is -0.00395. The monoisotopic (exact) mass is 303 g/mol. The lowest BCUT2D eigenvalue weighted by molar-refractivity contribution is 0.202. The van der Waals surface area contributed by atoms with Crippen LogP contribution in [-0.2, 0) is 6.54 Å². The third-order valence-electron chi connectivity index (χ3n) is 3.34. The van der Waals surface area contributed by atoms with E-state index in [4.69, 9.17) is 0 Å². The Kier molecular flexibility index (Phi) is 4.40. The first kappa shape index (κ1) is 13.9. The number of urea groups is 1. The van der Waals surface area contributed by atoms with Gasteiger partial charge in [-0.05, 0) is 6.07 Å². The second-order valence-corrected chi connectivity index (χ2v) is 5.94. The third kappa shape index (κ3) is 3.36. The fourth-order valence-corrected chi connectivity index (χ4v) is 3.14. The van der Waals surface area contributed by atoms with Crippen LogP contribution in [0.25, 0.3) is 5.82 Å². The molecule has 1 saturated heterocycles. The van der Waals surface area contributed by atoms with Gasteiger partial charge in [0.1, 0.15) is 12.1 Å². The molecular formula is C14H17N5OS. The first-order chi connectivity index (χ1) is 10.3. The maximum atomic E-state index is 12.1. The second-order valence-electron chi connectivity index (χ2n) is 4.71. The summed E-state index contributed by atoms with van der Waals surface area (Å²) in [5, 5.41) is 2.98. The average Bonchev–Trinajstić information content (AvgIpc) is 3.08.